The summed E-state index contributed by atoms with van der Waals surface area (Å²) in [6, 6.07) is 6.31. The van der Waals surface area contributed by atoms with E-state index in [1.165, 1.54) is 16.4 Å². The number of amides is 1. The second kappa shape index (κ2) is 5.75. The van der Waals surface area contributed by atoms with Gasteiger partial charge in [-0.3, -0.25) is 9.69 Å². The molecule has 0 aromatic heterocycles. The Balaban J connectivity index is 2.42. The number of piperazine rings is 1. The lowest BCUT2D eigenvalue weighted by molar-refractivity contribution is 0.0994. The number of carbonyl (C=O) groups excluding carboxylic acids is 1. The van der Waals surface area contributed by atoms with Gasteiger partial charge in [-0.25, -0.2) is 8.42 Å². The molecular formula is C14H21N3O3S. The molecule has 1 aliphatic rings. The minimum atomic E-state index is -3.72. The first-order chi connectivity index (χ1) is 9.75. The van der Waals surface area contributed by atoms with Gasteiger partial charge < -0.3 is 5.73 Å². The number of sulfonamides is 1. The molecule has 1 fully saturated rings. The third kappa shape index (κ3) is 2.95. The van der Waals surface area contributed by atoms with Crippen LogP contribution in [0.1, 0.15) is 24.2 Å². The Kier molecular flexibility index (Phi) is 4.36. The number of rotatable bonds is 3. The molecule has 116 valence electrons. The van der Waals surface area contributed by atoms with Crippen LogP contribution in [-0.4, -0.2) is 55.8 Å². The fourth-order valence-electron chi connectivity index (χ4n) is 2.59. The molecule has 2 atom stereocenters. The molecule has 7 heteroatoms. The molecule has 0 aliphatic carbocycles. The zero-order valence-electron chi connectivity index (χ0n) is 12.5. The van der Waals surface area contributed by atoms with Gasteiger partial charge in [0.1, 0.15) is 0 Å². The SMILES string of the molecule is C[C@@H]1CN(S(=O)(=O)c2ccccc2C(N)=O)C[C@H](C)N1C. The van der Waals surface area contributed by atoms with Gasteiger partial charge in [-0.2, -0.15) is 4.31 Å². The highest BCUT2D eigenvalue weighted by Gasteiger charge is 2.35. The first kappa shape index (κ1) is 15.9. The molecule has 6 nitrogen and oxygen atoms in total. The van der Waals surface area contributed by atoms with Crippen molar-refractivity contribution in [2.45, 2.75) is 30.8 Å². The van der Waals surface area contributed by atoms with Gasteiger partial charge in [0.25, 0.3) is 0 Å². The van der Waals surface area contributed by atoms with Crippen molar-refractivity contribution in [1.82, 2.24) is 9.21 Å². The van der Waals surface area contributed by atoms with Crippen LogP contribution in [-0.2, 0) is 10.0 Å². The zero-order valence-corrected chi connectivity index (χ0v) is 13.3. The van der Waals surface area contributed by atoms with Gasteiger partial charge >= 0.3 is 0 Å². The molecule has 1 aromatic carbocycles. The lowest BCUT2D eigenvalue weighted by Gasteiger charge is -2.41. The van der Waals surface area contributed by atoms with Crippen molar-refractivity contribution in [2.24, 2.45) is 5.73 Å². The van der Waals surface area contributed by atoms with Crippen LogP contribution in [0.25, 0.3) is 0 Å². The van der Waals surface area contributed by atoms with Crippen LogP contribution in [0.3, 0.4) is 0 Å². The van der Waals surface area contributed by atoms with E-state index in [0.29, 0.717) is 13.1 Å². The van der Waals surface area contributed by atoms with E-state index in [0.717, 1.165) is 0 Å². The molecule has 21 heavy (non-hydrogen) atoms. The molecule has 0 radical (unpaired) electrons. The highest BCUT2D eigenvalue weighted by atomic mass is 32.2. The summed E-state index contributed by atoms with van der Waals surface area (Å²) in [5.41, 5.74) is 5.33. The topological polar surface area (TPSA) is 83.7 Å². The quantitative estimate of drug-likeness (QED) is 0.881. The van der Waals surface area contributed by atoms with Crippen LogP contribution < -0.4 is 5.73 Å². The molecule has 0 bridgehead atoms. The third-order valence-electron chi connectivity index (χ3n) is 4.10. The average Bonchev–Trinajstić information content (AvgIpc) is 2.44. The van der Waals surface area contributed by atoms with E-state index in [1.807, 2.05) is 20.9 Å². The largest absolute Gasteiger partial charge is 0.366 e. The Bertz CT molecular complexity index is 633. The minimum Gasteiger partial charge on any atom is -0.366 e. The van der Waals surface area contributed by atoms with E-state index in [2.05, 4.69) is 4.90 Å². The van der Waals surface area contributed by atoms with Crippen LogP contribution in [0, 0.1) is 0 Å². The van der Waals surface area contributed by atoms with Crippen molar-refractivity contribution in [3.8, 4) is 0 Å². The fraction of sp³-hybridized carbons (Fsp3) is 0.500. The maximum atomic E-state index is 12.8. The predicted molar refractivity (Wildman–Crippen MR) is 80.4 cm³/mol. The van der Waals surface area contributed by atoms with E-state index in [-0.39, 0.29) is 22.5 Å². The van der Waals surface area contributed by atoms with Gasteiger partial charge in [0.05, 0.1) is 10.5 Å². The van der Waals surface area contributed by atoms with Crippen LogP contribution in [0.2, 0.25) is 0 Å². The van der Waals surface area contributed by atoms with Gasteiger partial charge in [-0.05, 0) is 33.0 Å². The molecule has 0 unspecified atom stereocenters. The predicted octanol–water partition coefficient (Wildman–Crippen LogP) is 0.499. The molecule has 1 heterocycles. The molecule has 1 aliphatic heterocycles. The summed E-state index contributed by atoms with van der Waals surface area (Å²) in [5.74, 6) is -0.732. The van der Waals surface area contributed by atoms with Crippen molar-refractivity contribution in [1.29, 1.82) is 0 Å². The number of carbonyl (C=O) groups is 1. The first-order valence-corrected chi connectivity index (χ1v) is 8.30. The third-order valence-corrected chi connectivity index (χ3v) is 5.99. The summed E-state index contributed by atoms with van der Waals surface area (Å²) in [4.78, 5) is 13.6. The van der Waals surface area contributed by atoms with E-state index < -0.39 is 15.9 Å². The van der Waals surface area contributed by atoms with Crippen molar-refractivity contribution >= 4 is 15.9 Å². The lowest BCUT2D eigenvalue weighted by atomic mass is 10.1. The second-order valence-electron chi connectivity index (χ2n) is 5.55. The van der Waals surface area contributed by atoms with E-state index >= 15 is 0 Å². The zero-order chi connectivity index (χ0) is 15.8. The van der Waals surface area contributed by atoms with Gasteiger partial charge in [-0.15, -0.1) is 0 Å². The number of nitrogens with zero attached hydrogens (tertiary/aromatic N) is 2. The normalized spacial score (nSPS) is 24.9. The lowest BCUT2D eigenvalue weighted by Crippen LogP contribution is -2.56. The first-order valence-electron chi connectivity index (χ1n) is 6.86. The van der Waals surface area contributed by atoms with Crippen LogP contribution >= 0.6 is 0 Å². The summed E-state index contributed by atoms with van der Waals surface area (Å²) in [5, 5.41) is 0. The summed E-state index contributed by atoms with van der Waals surface area (Å²) in [6.07, 6.45) is 0. The average molecular weight is 311 g/mol. The van der Waals surface area contributed by atoms with Crippen molar-refractivity contribution in [2.75, 3.05) is 20.1 Å². The van der Waals surface area contributed by atoms with Gasteiger partial charge in [0.15, 0.2) is 0 Å². The molecule has 0 saturated carbocycles. The maximum absolute atomic E-state index is 12.8. The smallest absolute Gasteiger partial charge is 0.250 e. The van der Waals surface area contributed by atoms with Crippen molar-refractivity contribution in [3.05, 3.63) is 29.8 Å². The highest BCUT2D eigenvalue weighted by Crippen LogP contribution is 2.24. The summed E-state index contributed by atoms with van der Waals surface area (Å²) >= 11 is 0. The minimum absolute atomic E-state index is 0.0125. The van der Waals surface area contributed by atoms with Crippen LogP contribution in [0.4, 0.5) is 0 Å². The summed E-state index contributed by atoms with van der Waals surface area (Å²) in [7, 11) is -1.74. The Labute approximate surface area is 125 Å². The number of primary amides is 1. The molecule has 2 rings (SSSR count). The number of hydrogen-bond acceptors (Lipinski definition) is 4. The van der Waals surface area contributed by atoms with E-state index in [4.69, 9.17) is 5.73 Å². The van der Waals surface area contributed by atoms with Crippen molar-refractivity contribution < 1.29 is 13.2 Å². The van der Waals surface area contributed by atoms with Gasteiger partial charge in [0, 0.05) is 25.2 Å². The second-order valence-corrected chi connectivity index (χ2v) is 7.45. The molecule has 1 aromatic rings. The highest BCUT2D eigenvalue weighted by molar-refractivity contribution is 7.89. The monoisotopic (exact) mass is 311 g/mol. The Morgan fingerprint density at radius 3 is 2.24 bits per heavy atom. The van der Waals surface area contributed by atoms with E-state index in [1.54, 1.807) is 12.1 Å². The van der Waals surface area contributed by atoms with E-state index in [9.17, 15) is 13.2 Å². The van der Waals surface area contributed by atoms with Crippen molar-refractivity contribution in [3.63, 3.8) is 0 Å². The Hall–Kier alpha value is -1.44. The van der Waals surface area contributed by atoms with Gasteiger partial charge in [-0.1, -0.05) is 12.1 Å². The molecule has 1 saturated heterocycles. The molecule has 1 amide bonds. The van der Waals surface area contributed by atoms with Crippen LogP contribution in [0.5, 0.6) is 0 Å². The molecule has 2 N–H and O–H groups in total. The Morgan fingerprint density at radius 1 is 1.19 bits per heavy atom. The summed E-state index contributed by atoms with van der Waals surface area (Å²) in [6.45, 7) is 4.77. The molecular weight excluding hydrogens is 290 g/mol. The summed E-state index contributed by atoms with van der Waals surface area (Å²) < 4.78 is 27.1. The number of benzene rings is 1. The van der Waals surface area contributed by atoms with Crippen LogP contribution in [0.15, 0.2) is 29.2 Å². The van der Waals surface area contributed by atoms with Gasteiger partial charge in [0.2, 0.25) is 15.9 Å². The molecule has 0 spiro atoms. The number of nitrogens with two attached hydrogens (primary N) is 1. The number of likely N-dealkylation sites (N-methyl/N-ethyl adjacent to an activating group) is 1. The number of hydrogen-bond donors (Lipinski definition) is 1. The Morgan fingerprint density at radius 2 is 1.71 bits per heavy atom. The maximum Gasteiger partial charge on any atom is 0.250 e. The standard InChI is InChI=1S/C14H21N3O3S/c1-10-8-17(9-11(2)16(10)3)21(19,20)13-7-5-4-6-12(13)14(15)18/h4-7,10-11H,8-9H2,1-3H3,(H2,15,18)/t10-,11+. The fourth-order valence-corrected chi connectivity index (χ4v) is 4.39.